The highest BCUT2D eigenvalue weighted by molar-refractivity contribution is 5.59. The molecule has 2 aromatic heterocycles. The molecule has 0 bridgehead atoms. The van der Waals surface area contributed by atoms with E-state index >= 15 is 0 Å². The van der Waals surface area contributed by atoms with Crippen molar-refractivity contribution in [2.75, 3.05) is 7.11 Å². The van der Waals surface area contributed by atoms with E-state index < -0.39 is 0 Å². The molecule has 5 rings (SSSR count). The third kappa shape index (κ3) is 3.78. The van der Waals surface area contributed by atoms with Crippen molar-refractivity contribution in [3.05, 3.63) is 65.4 Å². The lowest BCUT2D eigenvalue weighted by atomic mass is 9.87. The van der Waals surface area contributed by atoms with Gasteiger partial charge in [0.2, 0.25) is 5.82 Å². The fourth-order valence-electron chi connectivity index (χ4n) is 3.78. The van der Waals surface area contributed by atoms with Crippen LogP contribution in [-0.4, -0.2) is 32.2 Å². The van der Waals surface area contributed by atoms with Gasteiger partial charge < -0.3 is 14.0 Å². The molecule has 0 radical (unpaired) electrons. The van der Waals surface area contributed by atoms with Gasteiger partial charge >= 0.3 is 0 Å². The first-order valence-corrected chi connectivity index (χ1v) is 10.6. The van der Waals surface area contributed by atoms with Crippen LogP contribution in [0, 0.1) is 0 Å². The lowest BCUT2D eigenvalue weighted by Gasteiger charge is -2.24. The zero-order valence-electron chi connectivity index (χ0n) is 18.6. The summed E-state index contributed by atoms with van der Waals surface area (Å²) in [6.07, 6.45) is -0.133. The molecule has 1 aliphatic rings. The summed E-state index contributed by atoms with van der Waals surface area (Å²) in [6.45, 7) is 7.45. The Morgan fingerprint density at radius 3 is 2.66 bits per heavy atom. The minimum absolute atomic E-state index is 0.0881. The number of hydrogen-bond donors (Lipinski definition) is 0. The smallest absolute Gasteiger partial charge is 0.280 e. The maximum Gasteiger partial charge on any atom is 0.280 e. The second kappa shape index (κ2) is 7.87. The highest BCUT2D eigenvalue weighted by Gasteiger charge is 2.28. The van der Waals surface area contributed by atoms with E-state index in [4.69, 9.17) is 14.0 Å². The molecular weight excluding hydrogens is 406 g/mol. The highest BCUT2D eigenvalue weighted by Crippen LogP contribution is 2.32. The van der Waals surface area contributed by atoms with Crippen LogP contribution in [0.25, 0.3) is 23.0 Å². The number of rotatable bonds is 4. The number of nitrogens with zero attached hydrogens (tertiary/aromatic N) is 5. The largest absolute Gasteiger partial charge is 0.497 e. The van der Waals surface area contributed by atoms with Crippen molar-refractivity contribution in [3.63, 3.8) is 0 Å². The van der Waals surface area contributed by atoms with E-state index in [1.165, 1.54) is 5.56 Å². The highest BCUT2D eigenvalue weighted by atomic mass is 16.5. The summed E-state index contributed by atoms with van der Waals surface area (Å²) in [4.78, 5) is 4.56. The third-order valence-corrected chi connectivity index (χ3v) is 5.70. The zero-order chi connectivity index (χ0) is 22.3. The van der Waals surface area contributed by atoms with E-state index in [1.54, 1.807) is 7.11 Å². The number of benzene rings is 2. The zero-order valence-corrected chi connectivity index (χ0v) is 18.6. The molecule has 0 amide bonds. The fraction of sp³-hybridized carbons (Fsp3) is 0.333. The first-order chi connectivity index (χ1) is 15.4. The number of aromatic nitrogens is 5. The molecule has 3 heterocycles. The van der Waals surface area contributed by atoms with Gasteiger partial charge in [-0.2, -0.15) is 4.98 Å². The molecule has 0 saturated heterocycles. The average molecular weight is 431 g/mol. The number of methoxy groups -OCH3 is 1. The molecule has 0 spiro atoms. The summed E-state index contributed by atoms with van der Waals surface area (Å²) in [5, 5.41) is 12.7. The minimum Gasteiger partial charge on any atom is -0.497 e. The number of hydrogen-bond acceptors (Lipinski definition) is 7. The van der Waals surface area contributed by atoms with E-state index in [0.29, 0.717) is 30.6 Å². The van der Waals surface area contributed by atoms with Crippen LogP contribution in [0.5, 0.6) is 5.75 Å². The van der Waals surface area contributed by atoms with Crippen LogP contribution in [-0.2, 0) is 23.3 Å². The first-order valence-electron chi connectivity index (χ1n) is 10.6. The first kappa shape index (κ1) is 20.4. The van der Waals surface area contributed by atoms with Crippen molar-refractivity contribution < 1.29 is 14.0 Å². The molecule has 0 unspecified atom stereocenters. The molecule has 2 aromatic carbocycles. The van der Waals surface area contributed by atoms with Gasteiger partial charge in [-0.25, -0.2) is 4.68 Å². The molecule has 0 N–H and O–H groups in total. The van der Waals surface area contributed by atoms with Gasteiger partial charge in [0, 0.05) is 5.56 Å². The van der Waals surface area contributed by atoms with Crippen molar-refractivity contribution in [1.29, 1.82) is 0 Å². The van der Waals surface area contributed by atoms with Crippen LogP contribution in [0.4, 0.5) is 0 Å². The summed E-state index contributed by atoms with van der Waals surface area (Å²) < 4.78 is 18.8. The molecule has 164 valence electrons. The fourth-order valence-corrected chi connectivity index (χ4v) is 3.78. The Balaban J connectivity index is 1.37. The summed E-state index contributed by atoms with van der Waals surface area (Å²) in [5.41, 5.74) is 4.64. The molecule has 8 heteroatoms. The van der Waals surface area contributed by atoms with Gasteiger partial charge in [0.25, 0.3) is 5.89 Å². The Morgan fingerprint density at radius 2 is 1.91 bits per heavy atom. The van der Waals surface area contributed by atoms with E-state index in [-0.39, 0.29) is 11.5 Å². The number of ether oxygens (including phenoxy) is 2. The van der Waals surface area contributed by atoms with Crippen molar-refractivity contribution in [2.24, 2.45) is 0 Å². The molecule has 1 atom stereocenters. The molecule has 0 aliphatic carbocycles. The maximum absolute atomic E-state index is 6.10. The number of fused-ring (bicyclic) bond motifs is 1. The minimum atomic E-state index is -0.133. The van der Waals surface area contributed by atoms with E-state index in [1.807, 2.05) is 41.1 Å². The standard InChI is InChI=1S/C24H25N5O3/c1-24(2,3)17-10-8-15(9-11-17)22-25-23(32-27-22)21-19-14-31-20(13-29(19)28-26-21)16-6-5-7-18(12-16)30-4/h5-12,20H,13-14H2,1-4H3/t20-/m1/s1. The predicted molar refractivity (Wildman–Crippen MR) is 118 cm³/mol. The van der Waals surface area contributed by atoms with Gasteiger partial charge in [0.05, 0.1) is 26.0 Å². The van der Waals surface area contributed by atoms with Crippen LogP contribution in [0.1, 0.15) is 43.7 Å². The van der Waals surface area contributed by atoms with Crippen molar-refractivity contribution >= 4 is 0 Å². The van der Waals surface area contributed by atoms with E-state index in [2.05, 4.69) is 53.4 Å². The summed E-state index contributed by atoms with van der Waals surface area (Å²) in [5.74, 6) is 1.66. The second-order valence-corrected chi connectivity index (χ2v) is 8.89. The molecule has 0 fully saturated rings. The Labute approximate surface area is 186 Å². The SMILES string of the molecule is COc1cccc([C@H]2Cn3nnc(-c4nc(-c5ccc(C(C)(C)C)cc5)no4)c3CO2)c1. The van der Waals surface area contributed by atoms with Gasteiger partial charge in [-0.3, -0.25) is 0 Å². The second-order valence-electron chi connectivity index (χ2n) is 8.89. The molecule has 4 aromatic rings. The van der Waals surface area contributed by atoms with Crippen LogP contribution in [0.2, 0.25) is 0 Å². The van der Waals surface area contributed by atoms with Crippen molar-refractivity contribution in [1.82, 2.24) is 25.1 Å². The Hall–Kier alpha value is -3.52. The molecule has 0 saturated carbocycles. The van der Waals surface area contributed by atoms with Gasteiger partial charge in [0.1, 0.15) is 11.9 Å². The van der Waals surface area contributed by atoms with Gasteiger partial charge in [-0.15, -0.1) is 5.10 Å². The maximum atomic E-state index is 6.10. The monoisotopic (exact) mass is 431 g/mol. The molecule has 32 heavy (non-hydrogen) atoms. The van der Waals surface area contributed by atoms with Crippen LogP contribution in [0.3, 0.4) is 0 Å². The van der Waals surface area contributed by atoms with E-state index in [9.17, 15) is 0 Å². The normalized spacial score (nSPS) is 16.1. The third-order valence-electron chi connectivity index (χ3n) is 5.70. The summed E-state index contributed by atoms with van der Waals surface area (Å²) in [6, 6.07) is 16.1. The van der Waals surface area contributed by atoms with Crippen molar-refractivity contribution in [2.45, 2.75) is 45.4 Å². The van der Waals surface area contributed by atoms with Gasteiger partial charge in [-0.05, 0) is 28.7 Å². The summed E-state index contributed by atoms with van der Waals surface area (Å²) in [7, 11) is 1.65. The lowest BCUT2D eigenvalue weighted by molar-refractivity contribution is -0.00127. The van der Waals surface area contributed by atoms with Gasteiger partial charge in [0.15, 0.2) is 5.69 Å². The predicted octanol–water partition coefficient (Wildman–Crippen LogP) is 4.57. The van der Waals surface area contributed by atoms with Crippen LogP contribution >= 0.6 is 0 Å². The van der Waals surface area contributed by atoms with Crippen LogP contribution < -0.4 is 4.74 Å². The molecule has 1 aliphatic heterocycles. The van der Waals surface area contributed by atoms with Gasteiger partial charge in [-0.1, -0.05) is 67.5 Å². The van der Waals surface area contributed by atoms with E-state index in [0.717, 1.165) is 22.6 Å². The van der Waals surface area contributed by atoms with Crippen molar-refractivity contribution in [3.8, 4) is 28.7 Å². The Bertz CT molecular complexity index is 1240. The Kier molecular flexibility index (Phi) is 5.01. The van der Waals surface area contributed by atoms with Crippen LogP contribution in [0.15, 0.2) is 53.1 Å². The molecular formula is C24H25N5O3. The lowest BCUT2D eigenvalue weighted by Crippen LogP contribution is -2.22. The summed E-state index contributed by atoms with van der Waals surface area (Å²) >= 11 is 0. The average Bonchev–Trinajstić information content (AvgIpc) is 3.45. The topological polar surface area (TPSA) is 88.1 Å². The Morgan fingerprint density at radius 1 is 1.09 bits per heavy atom. The quantitative estimate of drug-likeness (QED) is 0.467. The molecule has 8 nitrogen and oxygen atoms in total.